The Hall–Kier alpha value is -0.680. The van der Waals surface area contributed by atoms with Crippen LogP contribution < -0.4 is 0 Å². The van der Waals surface area contributed by atoms with Crippen LogP contribution in [-0.2, 0) is 6.18 Å². The highest BCUT2D eigenvalue weighted by Gasteiger charge is 2.32. The predicted octanol–water partition coefficient (Wildman–Crippen LogP) is 3.18. The van der Waals surface area contributed by atoms with Gasteiger partial charge in [-0.25, -0.2) is 0 Å². The maximum Gasteiger partial charge on any atom is 0.417 e. The lowest BCUT2D eigenvalue weighted by molar-refractivity contribution is -0.139. The van der Waals surface area contributed by atoms with Crippen molar-refractivity contribution < 1.29 is 18.3 Å². The van der Waals surface area contributed by atoms with E-state index in [9.17, 15) is 13.2 Å². The fourth-order valence-electron chi connectivity index (χ4n) is 1.07. The quantitative estimate of drug-likeness (QED) is 0.640. The Labute approximate surface area is 90.3 Å². The zero-order chi connectivity index (χ0) is 11.3. The van der Waals surface area contributed by atoms with Gasteiger partial charge in [0.1, 0.15) is 0 Å². The number of halogens is 3. The van der Waals surface area contributed by atoms with E-state index in [-0.39, 0.29) is 11.5 Å². The first-order chi connectivity index (χ1) is 7.05. The van der Waals surface area contributed by atoms with Crippen LogP contribution in [0.5, 0.6) is 0 Å². The summed E-state index contributed by atoms with van der Waals surface area (Å²) in [6.45, 7) is 0.00118. The van der Waals surface area contributed by atoms with Crippen molar-refractivity contribution in [1.82, 2.24) is 0 Å². The Morgan fingerprint density at radius 2 is 1.87 bits per heavy atom. The summed E-state index contributed by atoms with van der Waals surface area (Å²) in [4.78, 5) is 0.221. The number of thioether (sulfide) groups is 1. The van der Waals surface area contributed by atoms with E-state index in [1.807, 2.05) is 0 Å². The molecule has 0 spiro atoms. The lowest BCUT2D eigenvalue weighted by Gasteiger charge is -2.11. The highest BCUT2D eigenvalue weighted by molar-refractivity contribution is 7.99. The lowest BCUT2D eigenvalue weighted by Crippen LogP contribution is -2.06. The summed E-state index contributed by atoms with van der Waals surface area (Å²) in [6, 6.07) is 5.47. The fourth-order valence-corrected chi connectivity index (χ4v) is 2.08. The molecule has 0 saturated heterocycles. The van der Waals surface area contributed by atoms with Gasteiger partial charge in [-0.05, 0) is 18.6 Å². The van der Waals surface area contributed by atoms with Crippen molar-refractivity contribution in [3.05, 3.63) is 29.8 Å². The summed E-state index contributed by atoms with van der Waals surface area (Å²) in [5.74, 6) is 0.490. The molecule has 1 aromatic rings. The molecule has 1 rings (SSSR count). The Morgan fingerprint density at radius 3 is 2.47 bits per heavy atom. The number of alkyl halides is 3. The number of rotatable bonds is 4. The van der Waals surface area contributed by atoms with Crippen LogP contribution in [-0.4, -0.2) is 17.5 Å². The third-order valence-electron chi connectivity index (χ3n) is 1.75. The fraction of sp³-hybridized carbons (Fsp3) is 0.400. The summed E-state index contributed by atoms with van der Waals surface area (Å²) in [7, 11) is 0. The molecule has 0 saturated carbocycles. The van der Waals surface area contributed by atoms with Crippen molar-refractivity contribution in [2.24, 2.45) is 0 Å². The van der Waals surface area contributed by atoms with Crippen LogP contribution in [0.4, 0.5) is 13.2 Å². The van der Waals surface area contributed by atoms with Gasteiger partial charge in [0.25, 0.3) is 0 Å². The summed E-state index contributed by atoms with van der Waals surface area (Å²) in [5.41, 5.74) is -0.604. The van der Waals surface area contributed by atoms with Crippen LogP contribution in [0.25, 0.3) is 0 Å². The first kappa shape index (κ1) is 12.4. The van der Waals surface area contributed by atoms with Gasteiger partial charge < -0.3 is 5.11 Å². The molecular formula is C10H11F3OS. The zero-order valence-electron chi connectivity index (χ0n) is 7.92. The van der Waals surface area contributed by atoms with Gasteiger partial charge in [-0.15, -0.1) is 11.8 Å². The molecule has 0 fully saturated rings. The maximum atomic E-state index is 12.5. The third kappa shape index (κ3) is 3.76. The normalized spacial score (nSPS) is 11.7. The van der Waals surface area contributed by atoms with Gasteiger partial charge in [0, 0.05) is 17.3 Å². The molecule has 84 valence electrons. The Kier molecular flexibility index (Phi) is 4.47. The van der Waals surface area contributed by atoms with Gasteiger partial charge in [-0.3, -0.25) is 0 Å². The molecular weight excluding hydrogens is 225 g/mol. The van der Waals surface area contributed by atoms with E-state index in [1.165, 1.54) is 12.1 Å². The molecule has 0 aliphatic carbocycles. The van der Waals surface area contributed by atoms with Crippen molar-refractivity contribution in [2.75, 3.05) is 12.4 Å². The summed E-state index contributed by atoms with van der Waals surface area (Å²) < 4.78 is 37.5. The molecule has 0 atom stereocenters. The van der Waals surface area contributed by atoms with Crippen LogP contribution >= 0.6 is 11.8 Å². The third-order valence-corrected chi connectivity index (χ3v) is 2.91. The van der Waals surface area contributed by atoms with E-state index in [1.54, 1.807) is 6.07 Å². The molecule has 1 nitrogen and oxygen atoms in total. The summed E-state index contributed by atoms with van der Waals surface area (Å²) in [5, 5.41) is 8.54. The van der Waals surface area contributed by atoms with E-state index in [0.29, 0.717) is 12.2 Å². The SMILES string of the molecule is OCCCSc1ccccc1C(F)(F)F. The van der Waals surface area contributed by atoms with Crippen LogP contribution in [0, 0.1) is 0 Å². The second kappa shape index (κ2) is 5.42. The minimum atomic E-state index is -4.30. The first-order valence-corrected chi connectivity index (χ1v) is 5.44. The molecule has 0 heterocycles. The van der Waals surface area contributed by atoms with Crippen molar-refractivity contribution in [2.45, 2.75) is 17.5 Å². The van der Waals surface area contributed by atoms with Gasteiger partial charge in [-0.1, -0.05) is 12.1 Å². The van der Waals surface area contributed by atoms with Crippen molar-refractivity contribution in [3.63, 3.8) is 0 Å². The molecule has 0 amide bonds. The maximum absolute atomic E-state index is 12.5. The van der Waals surface area contributed by atoms with E-state index in [2.05, 4.69) is 0 Å². The van der Waals surface area contributed by atoms with Gasteiger partial charge >= 0.3 is 6.18 Å². The van der Waals surface area contributed by atoms with Crippen molar-refractivity contribution >= 4 is 11.8 Å². The predicted molar refractivity (Wildman–Crippen MR) is 53.9 cm³/mol. The number of aliphatic hydroxyl groups is 1. The van der Waals surface area contributed by atoms with Crippen LogP contribution in [0.1, 0.15) is 12.0 Å². The second-order valence-corrected chi connectivity index (χ2v) is 4.06. The summed E-state index contributed by atoms with van der Waals surface area (Å²) in [6.07, 6.45) is -3.81. The monoisotopic (exact) mass is 236 g/mol. The Morgan fingerprint density at radius 1 is 1.20 bits per heavy atom. The minimum Gasteiger partial charge on any atom is -0.396 e. The Bertz CT molecular complexity index is 312. The van der Waals surface area contributed by atoms with Crippen molar-refractivity contribution in [3.8, 4) is 0 Å². The van der Waals surface area contributed by atoms with Crippen molar-refractivity contribution in [1.29, 1.82) is 0 Å². The molecule has 1 N–H and O–H groups in total. The molecule has 15 heavy (non-hydrogen) atoms. The average molecular weight is 236 g/mol. The van der Waals surface area contributed by atoms with Crippen LogP contribution in [0.3, 0.4) is 0 Å². The van der Waals surface area contributed by atoms with E-state index in [4.69, 9.17) is 5.11 Å². The molecule has 0 aliphatic rings. The topological polar surface area (TPSA) is 20.2 Å². The van der Waals surface area contributed by atoms with E-state index < -0.39 is 11.7 Å². The standard InChI is InChI=1S/C10H11F3OS/c11-10(12,13)8-4-1-2-5-9(8)15-7-3-6-14/h1-2,4-5,14H,3,6-7H2. The number of hydrogen-bond acceptors (Lipinski definition) is 2. The highest BCUT2D eigenvalue weighted by atomic mass is 32.2. The van der Waals surface area contributed by atoms with E-state index >= 15 is 0 Å². The smallest absolute Gasteiger partial charge is 0.396 e. The Balaban J connectivity index is 2.78. The second-order valence-electron chi connectivity index (χ2n) is 2.92. The molecule has 0 bridgehead atoms. The number of benzene rings is 1. The molecule has 0 unspecified atom stereocenters. The van der Waals surface area contributed by atoms with Gasteiger partial charge in [0.15, 0.2) is 0 Å². The molecule has 5 heteroatoms. The first-order valence-electron chi connectivity index (χ1n) is 4.45. The van der Waals surface area contributed by atoms with Gasteiger partial charge in [0.2, 0.25) is 0 Å². The summed E-state index contributed by atoms with van der Waals surface area (Å²) >= 11 is 1.12. The highest BCUT2D eigenvalue weighted by Crippen LogP contribution is 2.36. The molecule has 1 aromatic carbocycles. The average Bonchev–Trinajstić information content (AvgIpc) is 2.17. The lowest BCUT2D eigenvalue weighted by atomic mass is 10.2. The number of hydrogen-bond donors (Lipinski definition) is 1. The molecule has 0 radical (unpaired) electrons. The zero-order valence-corrected chi connectivity index (χ0v) is 8.74. The largest absolute Gasteiger partial charge is 0.417 e. The van der Waals surface area contributed by atoms with Crippen LogP contribution in [0.15, 0.2) is 29.2 Å². The number of aliphatic hydroxyl groups excluding tert-OH is 1. The van der Waals surface area contributed by atoms with Gasteiger partial charge in [0.05, 0.1) is 5.56 Å². The minimum absolute atomic E-state index is 0.00118. The van der Waals surface area contributed by atoms with Gasteiger partial charge in [-0.2, -0.15) is 13.2 Å². The van der Waals surface area contributed by atoms with Crippen LogP contribution in [0.2, 0.25) is 0 Å². The molecule has 0 aliphatic heterocycles. The molecule has 0 aromatic heterocycles. The van der Waals surface area contributed by atoms with E-state index in [0.717, 1.165) is 17.8 Å².